The first-order valence-corrected chi connectivity index (χ1v) is 11.7. The SMILES string of the molecule is O=c1c(O)c(-c2cc(O)c(O)c(O)c2)oc2c(N=Nc3ccc([N+](=O)[O-])cc3)c(O)c(N=Nc3ccccc3)c(O)c12. The molecule has 5 rings (SSSR count). The molecule has 210 valence electrons. The number of aromatic hydroxyl groups is 6. The molecule has 0 atom stereocenters. The van der Waals surface area contributed by atoms with Gasteiger partial charge in [-0.05, 0) is 36.4 Å². The lowest BCUT2D eigenvalue weighted by Crippen LogP contribution is -2.03. The highest BCUT2D eigenvalue weighted by molar-refractivity contribution is 6.02. The largest absolute Gasteiger partial charge is 0.505 e. The number of phenols is 5. The molecule has 0 amide bonds. The van der Waals surface area contributed by atoms with Gasteiger partial charge in [0.25, 0.3) is 5.69 Å². The van der Waals surface area contributed by atoms with E-state index in [0.717, 1.165) is 24.3 Å². The molecule has 42 heavy (non-hydrogen) atoms. The minimum atomic E-state index is -1.22. The van der Waals surface area contributed by atoms with Gasteiger partial charge in [0.2, 0.25) is 11.2 Å². The van der Waals surface area contributed by atoms with Crippen LogP contribution in [0.25, 0.3) is 22.3 Å². The van der Waals surface area contributed by atoms with Crippen LogP contribution in [0.3, 0.4) is 0 Å². The summed E-state index contributed by atoms with van der Waals surface area (Å²) in [4.78, 5) is 23.6. The number of rotatable bonds is 6. The van der Waals surface area contributed by atoms with Crippen LogP contribution in [0.1, 0.15) is 0 Å². The van der Waals surface area contributed by atoms with E-state index in [9.17, 15) is 45.5 Å². The minimum Gasteiger partial charge on any atom is -0.505 e. The van der Waals surface area contributed by atoms with Crippen LogP contribution >= 0.6 is 0 Å². The summed E-state index contributed by atoms with van der Waals surface area (Å²) >= 11 is 0. The van der Waals surface area contributed by atoms with Gasteiger partial charge in [0.1, 0.15) is 5.39 Å². The third-order valence-electron chi connectivity index (χ3n) is 5.89. The summed E-state index contributed by atoms with van der Waals surface area (Å²) in [5.41, 5.74) is -3.09. The number of nitro groups is 1. The number of benzene rings is 4. The Kier molecular flexibility index (Phi) is 6.81. The summed E-state index contributed by atoms with van der Waals surface area (Å²) in [6, 6.07) is 14.8. The Labute approximate surface area is 233 Å². The van der Waals surface area contributed by atoms with Crippen LogP contribution in [0.4, 0.5) is 28.4 Å². The maximum atomic E-state index is 13.3. The Bertz CT molecular complexity index is 1970. The number of phenolic OH excluding ortho intramolecular Hbond substituents is 5. The van der Waals surface area contributed by atoms with E-state index in [1.54, 1.807) is 30.3 Å². The Hall–Kier alpha value is -6.51. The molecule has 0 radical (unpaired) electrons. The minimum absolute atomic E-state index is 0.0865. The predicted molar refractivity (Wildman–Crippen MR) is 146 cm³/mol. The van der Waals surface area contributed by atoms with E-state index in [-0.39, 0.29) is 16.9 Å². The van der Waals surface area contributed by atoms with E-state index in [2.05, 4.69) is 20.5 Å². The number of nitrogens with zero attached hydrogens (tertiary/aromatic N) is 5. The molecule has 6 N–H and O–H groups in total. The predicted octanol–water partition coefficient (Wildman–Crippen LogP) is 6.43. The highest BCUT2D eigenvalue weighted by atomic mass is 16.6. The van der Waals surface area contributed by atoms with Gasteiger partial charge in [0.05, 0.1) is 16.3 Å². The molecule has 0 aliphatic rings. The molecule has 15 nitrogen and oxygen atoms in total. The average Bonchev–Trinajstić information content (AvgIpc) is 2.97. The molecule has 0 aliphatic heterocycles. The fraction of sp³-hybridized carbons (Fsp3) is 0. The van der Waals surface area contributed by atoms with Crippen LogP contribution in [-0.4, -0.2) is 35.6 Å². The van der Waals surface area contributed by atoms with Gasteiger partial charge in [0, 0.05) is 17.7 Å². The quantitative estimate of drug-likeness (QED) is 0.0564. The van der Waals surface area contributed by atoms with Crippen molar-refractivity contribution in [2.45, 2.75) is 0 Å². The lowest BCUT2D eigenvalue weighted by molar-refractivity contribution is -0.384. The topological polar surface area (TPSA) is 244 Å². The third kappa shape index (κ3) is 4.84. The molecular formula is C27H17N5O10. The zero-order valence-electron chi connectivity index (χ0n) is 20.9. The van der Waals surface area contributed by atoms with Crippen LogP contribution in [0.15, 0.2) is 96.4 Å². The van der Waals surface area contributed by atoms with Gasteiger partial charge in [-0.15, -0.1) is 10.2 Å². The summed E-state index contributed by atoms with van der Waals surface area (Å²) in [5, 5.41) is 88.2. The number of non-ortho nitro benzene ring substituents is 1. The molecule has 1 aromatic heterocycles. The molecule has 0 unspecified atom stereocenters. The Morgan fingerprint density at radius 2 is 1.24 bits per heavy atom. The van der Waals surface area contributed by atoms with E-state index < -0.39 is 73.0 Å². The molecule has 1 heterocycles. The second-order valence-corrected chi connectivity index (χ2v) is 8.58. The smallest absolute Gasteiger partial charge is 0.269 e. The zero-order valence-corrected chi connectivity index (χ0v) is 20.9. The normalized spacial score (nSPS) is 11.5. The van der Waals surface area contributed by atoms with Crippen LogP contribution in [0.5, 0.6) is 34.5 Å². The molecule has 0 bridgehead atoms. The maximum Gasteiger partial charge on any atom is 0.269 e. The summed E-state index contributed by atoms with van der Waals surface area (Å²) in [7, 11) is 0. The van der Waals surface area contributed by atoms with Crippen molar-refractivity contribution in [1.82, 2.24) is 0 Å². The lowest BCUT2D eigenvalue weighted by Gasteiger charge is -2.12. The first-order valence-electron chi connectivity index (χ1n) is 11.7. The van der Waals surface area contributed by atoms with Crippen LogP contribution in [0, 0.1) is 10.1 Å². The number of hydrogen-bond acceptors (Lipinski definition) is 14. The number of fused-ring (bicyclic) bond motifs is 1. The van der Waals surface area contributed by atoms with Gasteiger partial charge in [-0.1, -0.05) is 18.2 Å². The molecule has 0 spiro atoms. The highest BCUT2D eigenvalue weighted by Gasteiger charge is 2.28. The monoisotopic (exact) mass is 571 g/mol. The van der Waals surface area contributed by atoms with Gasteiger partial charge in [-0.3, -0.25) is 14.9 Å². The molecule has 0 saturated heterocycles. The molecule has 0 fully saturated rings. The number of azo groups is 2. The summed E-state index contributed by atoms with van der Waals surface area (Å²) in [5.74, 6) is -5.98. The van der Waals surface area contributed by atoms with Crippen molar-refractivity contribution >= 4 is 39.4 Å². The summed E-state index contributed by atoms with van der Waals surface area (Å²) in [6.45, 7) is 0. The highest BCUT2D eigenvalue weighted by Crippen LogP contribution is 2.51. The van der Waals surface area contributed by atoms with E-state index in [4.69, 9.17) is 4.42 Å². The molecular weight excluding hydrogens is 554 g/mol. The van der Waals surface area contributed by atoms with E-state index >= 15 is 0 Å². The third-order valence-corrected chi connectivity index (χ3v) is 5.89. The molecule has 4 aromatic carbocycles. The van der Waals surface area contributed by atoms with Crippen LogP contribution < -0.4 is 5.43 Å². The fourth-order valence-electron chi connectivity index (χ4n) is 3.83. The van der Waals surface area contributed by atoms with Crippen LogP contribution in [0.2, 0.25) is 0 Å². The second kappa shape index (κ2) is 10.6. The van der Waals surface area contributed by atoms with E-state index in [1.165, 1.54) is 12.1 Å². The maximum absolute atomic E-state index is 13.3. The number of nitro benzene ring substituents is 1. The van der Waals surface area contributed by atoms with Gasteiger partial charge in [-0.2, -0.15) is 10.2 Å². The number of hydrogen-bond donors (Lipinski definition) is 6. The first kappa shape index (κ1) is 27.1. The van der Waals surface area contributed by atoms with Crippen molar-refractivity contribution in [3.05, 3.63) is 87.1 Å². The van der Waals surface area contributed by atoms with Gasteiger partial charge < -0.3 is 35.1 Å². The van der Waals surface area contributed by atoms with Crippen molar-refractivity contribution in [1.29, 1.82) is 0 Å². The van der Waals surface area contributed by atoms with Crippen molar-refractivity contribution in [3.8, 4) is 45.8 Å². The van der Waals surface area contributed by atoms with Crippen molar-refractivity contribution in [2.24, 2.45) is 20.5 Å². The van der Waals surface area contributed by atoms with E-state index in [1.807, 2.05) is 0 Å². The Morgan fingerprint density at radius 3 is 1.83 bits per heavy atom. The second-order valence-electron chi connectivity index (χ2n) is 8.58. The summed E-state index contributed by atoms with van der Waals surface area (Å²) < 4.78 is 5.67. The molecule has 0 saturated carbocycles. The first-order chi connectivity index (χ1) is 20.1. The van der Waals surface area contributed by atoms with Crippen molar-refractivity contribution in [3.63, 3.8) is 0 Å². The van der Waals surface area contributed by atoms with Gasteiger partial charge in [0.15, 0.2) is 51.5 Å². The molecule has 0 aliphatic carbocycles. The van der Waals surface area contributed by atoms with Gasteiger partial charge >= 0.3 is 0 Å². The standard InChI is InChI=1S/C27H17N5O10/c33-16-10-12(11-17(34)21(16)35)26-25(39)23(37)18-22(36)19(30-28-13-4-2-1-3-5-13)24(38)20(27(18)42-26)31-29-14-6-8-15(9-7-14)32(40)41/h1-11,33-36,38-39H. The van der Waals surface area contributed by atoms with E-state index in [0.29, 0.717) is 5.69 Å². The van der Waals surface area contributed by atoms with Crippen molar-refractivity contribution < 1.29 is 40.0 Å². The fourth-order valence-corrected chi connectivity index (χ4v) is 3.83. The molecule has 5 aromatic rings. The Morgan fingerprint density at radius 1 is 0.667 bits per heavy atom. The van der Waals surface area contributed by atoms with Crippen LogP contribution in [-0.2, 0) is 0 Å². The summed E-state index contributed by atoms with van der Waals surface area (Å²) in [6.07, 6.45) is 0. The average molecular weight is 571 g/mol. The molecule has 15 heteroatoms. The Balaban J connectivity index is 1.78. The van der Waals surface area contributed by atoms with Crippen molar-refractivity contribution in [2.75, 3.05) is 0 Å². The lowest BCUT2D eigenvalue weighted by atomic mass is 10.1. The zero-order chi connectivity index (χ0) is 30.1. The van der Waals surface area contributed by atoms with Gasteiger partial charge in [-0.25, -0.2) is 0 Å².